The summed E-state index contributed by atoms with van der Waals surface area (Å²) in [5.74, 6) is 0.0768. The summed E-state index contributed by atoms with van der Waals surface area (Å²) in [4.78, 5) is 9.79. The van der Waals surface area contributed by atoms with Crippen molar-refractivity contribution in [2.24, 2.45) is 0 Å². The van der Waals surface area contributed by atoms with Gasteiger partial charge in [0.2, 0.25) is 0 Å². The molecule has 3 rings (SSSR count). The van der Waals surface area contributed by atoms with Gasteiger partial charge in [-0.15, -0.1) is 0 Å². The minimum Gasteiger partial charge on any atom is -0.319 e. The Balaban J connectivity index is 1.94. The van der Waals surface area contributed by atoms with E-state index < -0.39 is 0 Å². The van der Waals surface area contributed by atoms with E-state index in [0.717, 1.165) is 21.3 Å². The number of nitrogens with zero attached hydrogens (tertiary/aromatic N) is 3. The topological polar surface area (TPSA) is 30.7 Å². The zero-order valence-electron chi connectivity index (χ0n) is 13.1. The molecule has 0 aliphatic carbocycles. The van der Waals surface area contributed by atoms with Gasteiger partial charge in [-0.2, -0.15) is 0 Å². The molecule has 0 spiro atoms. The summed E-state index contributed by atoms with van der Waals surface area (Å²) in [5.41, 5.74) is 2.00. The largest absolute Gasteiger partial charge is 0.319 e. The molecule has 0 N–H and O–H groups in total. The fourth-order valence-electron chi connectivity index (χ4n) is 2.31. The van der Waals surface area contributed by atoms with Crippen molar-refractivity contribution < 1.29 is 4.39 Å². The average Bonchev–Trinajstić information content (AvgIpc) is 2.91. The molecule has 3 aromatic rings. The van der Waals surface area contributed by atoms with Gasteiger partial charge in [0, 0.05) is 11.1 Å². The number of imidazole rings is 1. The van der Waals surface area contributed by atoms with Crippen molar-refractivity contribution in [1.82, 2.24) is 14.5 Å². The lowest BCUT2D eigenvalue weighted by atomic mass is 10.1. The van der Waals surface area contributed by atoms with Gasteiger partial charge >= 0.3 is 0 Å². The summed E-state index contributed by atoms with van der Waals surface area (Å²) in [6.45, 7) is 4.88. The third kappa shape index (κ3) is 3.79. The number of pyridine rings is 1. The van der Waals surface area contributed by atoms with E-state index in [1.807, 2.05) is 30.6 Å². The predicted octanol–water partition coefficient (Wildman–Crippen LogP) is 4.74. The summed E-state index contributed by atoms with van der Waals surface area (Å²) >= 11 is 1.54. The molecule has 0 bridgehead atoms. The first kappa shape index (κ1) is 15.7. The summed E-state index contributed by atoms with van der Waals surface area (Å²) in [5, 5.41) is 1.04. The van der Waals surface area contributed by atoms with Crippen molar-refractivity contribution in [2.75, 3.05) is 0 Å². The molecule has 3 nitrogen and oxygen atoms in total. The van der Waals surface area contributed by atoms with Gasteiger partial charge < -0.3 is 4.57 Å². The number of benzene rings is 1. The van der Waals surface area contributed by atoms with Gasteiger partial charge in [-0.05, 0) is 36.2 Å². The second-order valence-electron chi connectivity index (χ2n) is 5.60. The Morgan fingerprint density at radius 2 is 2.00 bits per heavy atom. The van der Waals surface area contributed by atoms with Crippen molar-refractivity contribution in [3.05, 3.63) is 72.2 Å². The molecule has 0 fully saturated rings. The lowest BCUT2D eigenvalue weighted by Crippen LogP contribution is -2.02. The first-order valence-electron chi connectivity index (χ1n) is 7.52. The molecule has 2 heterocycles. The highest BCUT2D eigenvalue weighted by atomic mass is 32.2. The van der Waals surface area contributed by atoms with Crippen LogP contribution in [0.2, 0.25) is 0 Å². The second kappa shape index (κ2) is 6.96. The maximum absolute atomic E-state index is 13.5. The van der Waals surface area contributed by atoms with E-state index in [-0.39, 0.29) is 5.82 Å². The first-order chi connectivity index (χ1) is 11.1. The Kier molecular flexibility index (Phi) is 4.76. The third-order valence-electron chi connectivity index (χ3n) is 3.43. The van der Waals surface area contributed by atoms with Crippen LogP contribution < -0.4 is 0 Å². The molecule has 5 heteroatoms. The van der Waals surface area contributed by atoms with Crippen molar-refractivity contribution in [3.63, 3.8) is 0 Å². The Morgan fingerprint density at radius 3 is 2.70 bits per heavy atom. The Morgan fingerprint density at radius 1 is 1.13 bits per heavy atom. The van der Waals surface area contributed by atoms with Gasteiger partial charge in [-0.3, -0.25) is 4.98 Å². The lowest BCUT2D eigenvalue weighted by Gasteiger charge is -2.11. The minimum absolute atomic E-state index is 0.225. The van der Waals surface area contributed by atoms with Crippen LogP contribution in [0.1, 0.15) is 31.2 Å². The molecule has 1 aromatic carbocycles. The van der Waals surface area contributed by atoms with Crippen molar-refractivity contribution in [3.8, 4) is 0 Å². The second-order valence-corrected chi connectivity index (χ2v) is 6.66. The minimum atomic E-state index is -0.225. The van der Waals surface area contributed by atoms with Crippen LogP contribution in [0, 0.1) is 5.82 Å². The van der Waals surface area contributed by atoms with E-state index >= 15 is 0 Å². The maximum Gasteiger partial charge on any atom is 0.124 e. The first-order valence-corrected chi connectivity index (χ1v) is 8.33. The normalized spacial score (nSPS) is 11.1. The van der Waals surface area contributed by atoms with Gasteiger partial charge in [0.1, 0.15) is 10.8 Å². The van der Waals surface area contributed by atoms with Crippen LogP contribution in [-0.4, -0.2) is 14.5 Å². The van der Waals surface area contributed by atoms with Crippen molar-refractivity contribution in [2.45, 2.75) is 36.2 Å². The highest BCUT2D eigenvalue weighted by molar-refractivity contribution is 7.99. The smallest absolute Gasteiger partial charge is 0.124 e. The highest BCUT2D eigenvalue weighted by Gasteiger charge is 2.16. The van der Waals surface area contributed by atoms with Crippen LogP contribution in [0.4, 0.5) is 4.39 Å². The molecule has 0 amide bonds. The van der Waals surface area contributed by atoms with Crippen LogP contribution in [-0.2, 0) is 6.54 Å². The van der Waals surface area contributed by atoms with E-state index in [0.29, 0.717) is 12.5 Å². The summed E-state index contributed by atoms with van der Waals surface area (Å²) in [7, 11) is 0. The fraction of sp³-hybridized carbons (Fsp3) is 0.222. The van der Waals surface area contributed by atoms with Crippen LogP contribution in [0.15, 0.2) is 64.9 Å². The zero-order valence-corrected chi connectivity index (χ0v) is 13.9. The van der Waals surface area contributed by atoms with Crippen LogP contribution in [0.5, 0.6) is 0 Å². The van der Waals surface area contributed by atoms with E-state index in [1.54, 1.807) is 30.1 Å². The summed E-state index contributed by atoms with van der Waals surface area (Å²) in [6.07, 6.45) is 3.63. The number of aromatic nitrogens is 3. The third-order valence-corrected chi connectivity index (χ3v) is 4.56. The molecule has 118 valence electrons. The van der Waals surface area contributed by atoms with Gasteiger partial charge in [0.05, 0.1) is 24.3 Å². The molecule has 0 aliphatic heterocycles. The molecule has 0 aliphatic rings. The molecule has 2 aromatic heterocycles. The molecule has 0 unspecified atom stereocenters. The molecule has 0 saturated heterocycles. The zero-order chi connectivity index (χ0) is 16.2. The van der Waals surface area contributed by atoms with Gasteiger partial charge in [-0.25, -0.2) is 9.37 Å². The molecule has 0 atom stereocenters. The van der Waals surface area contributed by atoms with Crippen molar-refractivity contribution >= 4 is 11.8 Å². The molecular formula is C18H18FN3S. The fourth-order valence-corrected chi connectivity index (χ4v) is 3.48. The Labute approximate surface area is 139 Å². The predicted molar refractivity (Wildman–Crippen MR) is 90.2 cm³/mol. The van der Waals surface area contributed by atoms with Crippen LogP contribution in [0.3, 0.4) is 0 Å². The standard InChI is InChI=1S/C18H18FN3S/c1-13(2)17-18(23-16-8-5-6-14(19)10-16)22(12-21-17)11-15-7-3-4-9-20-15/h3-10,12-13H,11H2,1-2H3. The monoisotopic (exact) mass is 327 g/mol. The van der Waals surface area contributed by atoms with Gasteiger partial charge in [0.15, 0.2) is 0 Å². The molecule has 23 heavy (non-hydrogen) atoms. The molecule has 0 radical (unpaired) electrons. The van der Waals surface area contributed by atoms with E-state index in [1.165, 1.54) is 6.07 Å². The number of halogens is 1. The lowest BCUT2D eigenvalue weighted by molar-refractivity contribution is 0.624. The Bertz CT molecular complexity index is 784. The molecular weight excluding hydrogens is 309 g/mol. The summed E-state index contributed by atoms with van der Waals surface area (Å²) < 4.78 is 15.5. The number of hydrogen-bond donors (Lipinski definition) is 0. The average molecular weight is 327 g/mol. The highest BCUT2D eigenvalue weighted by Crippen LogP contribution is 2.34. The van der Waals surface area contributed by atoms with E-state index in [9.17, 15) is 4.39 Å². The quantitative estimate of drug-likeness (QED) is 0.678. The summed E-state index contributed by atoms with van der Waals surface area (Å²) in [6, 6.07) is 12.5. The van der Waals surface area contributed by atoms with Crippen LogP contribution >= 0.6 is 11.8 Å². The maximum atomic E-state index is 13.5. The van der Waals surface area contributed by atoms with Gasteiger partial charge in [-0.1, -0.05) is 37.7 Å². The van der Waals surface area contributed by atoms with Gasteiger partial charge in [0.25, 0.3) is 0 Å². The van der Waals surface area contributed by atoms with E-state index in [4.69, 9.17) is 0 Å². The number of hydrogen-bond acceptors (Lipinski definition) is 3. The van der Waals surface area contributed by atoms with Crippen LogP contribution in [0.25, 0.3) is 0 Å². The number of rotatable bonds is 5. The molecule has 0 saturated carbocycles. The van der Waals surface area contributed by atoms with Crippen molar-refractivity contribution in [1.29, 1.82) is 0 Å². The SMILES string of the molecule is CC(C)c1ncn(Cc2ccccn2)c1Sc1cccc(F)c1. The van der Waals surface area contributed by atoms with E-state index in [2.05, 4.69) is 28.4 Å². The Hall–Kier alpha value is -2.14.